The van der Waals surface area contributed by atoms with Crippen LogP contribution in [0.4, 0.5) is 0 Å². The largest absolute Gasteiger partial charge is 0.375 e. The van der Waals surface area contributed by atoms with E-state index in [1.54, 1.807) is 7.11 Å². The quantitative estimate of drug-likeness (QED) is 0.891. The molecule has 1 saturated carbocycles. The summed E-state index contributed by atoms with van der Waals surface area (Å²) in [5.41, 5.74) is 1.02. The minimum Gasteiger partial charge on any atom is -0.375 e. The molecule has 3 atom stereocenters. The molecule has 3 unspecified atom stereocenters. The van der Waals surface area contributed by atoms with Crippen LogP contribution in [0.1, 0.15) is 25.0 Å². The molecule has 1 aliphatic carbocycles. The zero-order valence-corrected chi connectivity index (χ0v) is 11.4. The summed E-state index contributed by atoms with van der Waals surface area (Å²) >= 11 is 5.84. The van der Waals surface area contributed by atoms with Crippen molar-refractivity contribution in [1.29, 1.82) is 0 Å². The molecule has 0 heterocycles. The number of benzene rings is 1. The van der Waals surface area contributed by atoms with E-state index >= 15 is 0 Å². The van der Waals surface area contributed by atoms with Gasteiger partial charge in [-0.05, 0) is 30.0 Å². The molecule has 0 radical (unpaired) electrons. The van der Waals surface area contributed by atoms with Gasteiger partial charge in [0.05, 0.1) is 6.10 Å². The molecular formula is C14H18ClNO2. The number of hydrogen-bond donors (Lipinski definition) is 1. The van der Waals surface area contributed by atoms with Gasteiger partial charge in [0, 0.05) is 24.6 Å². The van der Waals surface area contributed by atoms with Crippen LogP contribution in [0.3, 0.4) is 0 Å². The number of rotatable bonds is 5. The Morgan fingerprint density at radius 2 is 2.11 bits per heavy atom. The van der Waals surface area contributed by atoms with E-state index in [9.17, 15) is 4.79 Å². The topological polar surface area (TPSA) is 38.3 Å². The Balaban J connectivity index is 1.89. The number of halogens is 1. The van der Waals surface area contributed by atoms with Gasteiger partial charge in [-0.1, -0.05) is 30.7 Å². The van der Waals surface area contributed by atoms with Gasteiger partial charge in [0.15, 0.2) is 0 Å². The van der Waals surface area contributed by atoms with E-state index in [0.29, 0.717) is 17.5 Å². The molecule has 1 aliphatic rings. The highest BCUT2D eigenvalue weighted by atomic mass is 35.5. The van der Waals surface area contributed by atoms with Gasteiger partial charge >= 0.3 is 0 Å². The molecule has 1 N–H and O–H groups in total. The summed E-state index contributed by atoms with van der Waals surface area (Å²) in [6.07, 6.45) is 0.880. The molecule has 0 saturated heterocycles. The van der Waals surface area contributed by atoms with Crippen LogP contribution >= 0.6 is 11.6 Å². The van der Waals surface area contributed by atoms with E-state index in [4.69, 9.17) is 16.3 Å². The standard InChI is InChI=1S/C14H18ClNO2/c1-9-7-12(9)14(17)16-8-13(18-2)10-3-5-11(15)6-4-10/h3-6,9,12-13H,7-8H2,1-2H3,(H,16,17). The minimum atomic E-state index is -0.125. The van der Waals surface area contributed by atoms with Crippen LogP contribution in [0.15, 0.2) is 24.3 Å². The average Bonchev–Trinajstić information content (AvgIpc) is 3.09. The molecule has 1 amide bonds. The second-order valence-electron chi connectivity index (χ2n) is 4.84. The van der Waals surface area contributed by atoms with Crippen molar-refractivity contribution in [1.82, 2.24) is 5.32 Å². The molecule has 1 aromatic carbocycles. The number of hydrogen-bond acceptors (Lipinski definition) is 2. The van der Waals surface area contributed by atoms with E-state index in [0.717, 1.165) is 12.0 Å². The van der Waals surface area contributed by atoms with Crippen LogP contribution in [0, 0.1) is 11.8 Å². The molecule has 0 aliphatic heterocycles. The maximum atomic E-state index is 11.7. The van der Waals surface area contributed by atoms with Crippen molar-refractivity contribution in [3.8, 4) is 0 Å². The Kier molecular flexibility index (Phi) is 4.25. The summed E-state index contributed by atoms with van der Waals surface area (Å²) < 4.78 is 5.40. The van der Waals surface area contributed by atoms with E-state index in [1.165, 1.54) is 0 Å². The third kappa shape index (κ3) is 3.24. The summed E-state index contributed by atoms with van der Waals surface area (Å²) in [6, 6.07) is 7.49. The summed E-state index contributed by atoms with van der Waals surface area (Å²) in [5.74, 6) is 0.868. The van der Waals surface area contributed by atoms with Gasteiger partial charge in [0.1, 0.15) is 0 Å². The second-order valence-corrected chi connectivity index (χ2v) is 5.28. The van der Waals surface area contributed by atoms with Crippen molar-refractivity contribution in [3.63, 3.8) is 0 Å². The lowest BCUT2D eigenvalue weighted by atomic mass is 10.1. The van der Waals surface area contributed by atoms with Gasteiger partial charge in [-0.2, -0.15) is 0 Å². The molecule has 3 nitrogen and oxygen atoms in total. The lowest BCUT2D eigenvalue weighted by Crippen LogP contribution is -2.30. The zero-order chi connectivity index (χ0) is 13.1. The number of methoxy groups -OCH3 is 1. The van der Waals surface area contributed by atoms with Gasteiger partial charge in [0.2, 0.25) is 5.91 Å². The lowest BCUT2D eigenvalue weighted by Gasteiger charge is -2.16. The van der Waals surface area contributed by atoms with Crippen molar-refractivity contribution in [2.45, 2.75) is 19.4 Å². The van der Waals surface area contributed by atoms with Gasteiger partial charge in [-0.25, -0.2) is 0 Å². The Hall–Kier alpha value is -1.06. The highest BCUT2D eigenvalue weighted by Crippen LogP contribution is 2.37. The van der Waals surface area contributed by atoms with Crippen molar-refractivity contribution in [2.24, 2.45) is 11.8 Å². The van der Waals surface area contributed by atoms with E-state index in [2.05, 4.69) is 12.2 Å². The molecule has 98 valence electrons. The molecule has 18 heavy (non-hydrogen) atoms. The number of amides is 1. The maximum absolute atomic E-state index is 11.7. The lowest BCUT2D eigenvalue weighted by molar-refractivity contribution is -0.123. The van der Waals surface area contributed by atoms with Crippen molar-refractivity contribution < 1.29 is 9.53 Å². The first-order valence-electron chi connectivity index (χ1n) is 6.17. The van der Waals surface area contributed by atoms with Crippen LogP contribution < -0.4 is 5.32 Å². The SMILES string of the molecule is COC(CNC(=O)C1CC1C)c1ccc(Cl)cc1. The number of carbonyl (C=O) groups is 1. The molecule has 2 rings (SSSR count). The molecule has 0 spiro atoms. The molecule has 0 aromatic heterocycles. The zero-order valence-electron chi connectivity index (χ0n) is 10.7. The average molecular weight is 268 g/mol. The predicted octanol–water partition coefficient (Wildman–Crippen LogP) is 2.80. The summed E-state index contributed by atoms with van der Waals surface area (Å²) in [5, 5.41) is 3.64. The Morgan fingerprint density at radius 1 is 1.50 bits per heavy atom. The Morgan fingerprint density at radius 3 is 2.61 bits per heavy atom. The number of ether oxygens (including phenoxy) is 1. The summed E-state index contributed by atoms with van der Waals surface area (Å²) in [4.78, 5) is 11.7. The monoisotopic (exact) mass is 267 g/mol. The van der Waals surface area contributed by atoms with Gasteiger partial charge in [-0.15, -0.1) is 0 Å². The first kappa shape index (κ1) is 13.4. The third-order valence-corrected chi connectivity index (χ3v) is 3.69. The second kappa shape index (κ2) is 5.72. The van der Waals surface area contributed by atoms with Crippen LogP contribution in [0.5, 0.6) is 0 Å². The normalized spacial score (nSPS) is 23.5. The fraction of sp³-hybridized carbons (Fsp3) is 0.500. The van der Waals surface area contributed by atoms with Crippen LogP contribution in [0.25, 0.3) is 0 Å². The van der Waals surface area contributed by atoms with E-state index < -0.39 is 0 Å². The Bertz CT molecular complexity index is 418. The maximum Gasteiger partial charge on any atom is 0.223 e. The van der Waals surface area contributed by atoms with Gasteiger partial charge in [-0.3, -0.25) is 4.79 Å². The highest BCUT2D eigenvalue weighted by molar-refractivity contribution is 6.30. The molecule has 4 heteroatoms. The van der Waals surface area contributed by atoms with Crippen LogP contribution in [-0.4, -0.2) is 19.6 Å². The highest BCUT2D eigenvalue weighted by Gasteiger charge is 2.39. The van der Waals surface area contributed by atoms with Crippen LogP contribution in [0.2, 0.25) is 5.02 Å². The number of carbonyl (C=O) groups excluding carboxylic acids is 1. The predicted molar refractivity (Wildman–Crippen MR) is 71.5 cm³/mol. The third-order valence-electron chi connectivity index (χ3n) is 3.43. The molecular weight excluding hydrogens is 250 g/mol. The number of nitrogens with one attached hydrogen (secondary N) is 1. The van der Waals surface area contributed by atoms with E-state index in [-0.39, 0.29) is 17.9 Å². The van der Waals surface area contributed by atoms with Crippen molar-refractivity contribution in [2.75, 3.05) is 13.7 Å². The molecule has 1 fully saturated rings. The van der Waals surface area contributed by atoms with Crippen LogP contribution in [-0.2, 0) is 9.53 Å². The summed E-state index contributed by atoms with van der Waals surface area (Å²) in [6.45, 7) is 2.59. The molecule has 1 aromatic rings. The fourth-order valence-electron chi connectivity index (χ4n) is 2.03. The first-order chi connectivity index (χ1) is 8.61. The first-order valence-corrected chi connectivity index (χ1v) is 6.55. The fourth-order valence-corrected chi connectivity index (χ4v) is 2.15. The smallest absolute Gasteiger partial charge is 0.223 e. The van der Waals surface area contributed by atoms with Gasteiger partial charge < -0.3 is 10.1 Å². The molecule has 0 bridgehead atoms. The van der Waals surface area contributed by atoms with Gasteiger partial charge in [0.25, 0.3) is 0 Å². The van der Waals surface area contributed by atoms with Crippen molar-refractivity contribution >= 4 is 17.5 Å². The van der Waals surface area contributed by atoms with E-state index in [1.807, 2.05) is 24.3 Å². The summed E-state index contributed by atoms with van der Waals surface area (Å²) in [7, 11) is 1.64. The van der Waals surface area contributed by atoms with Crippen molar-refractivity contribution in [3.05, 3.63) is 34.9 Å². The Labute approximate surface area is 112 Å². The minimum absolute atomic E-state index is 0.125.